The summed E-state index contributed by atoms with van der Waals surface area (Å²) in [6, 6.07) is 17.3. The fourth-order valence-corrected chi connectivity index (χ4v) is 1.64. The molecule has 0 heterocycles. The lowest BCUT2D eigenvalue weighted by atomic mass is 10.1. The van der Waals surface area contributed by atoms with E-state index in [4.69, 9.17) is 5.11 Å². The van der Waals surface area contributed by atoms with Crippen LogP contribution in [0.5, 0.6) is 0 Å². The number of nitrogens with zero attached hydrogens (tertiary/aromatic N) is 1. The molecule has 0 aliphatic heterocycles. The van der Waals surface area contributed by atoms with Crippen molar-refractivity contribution < 1.29 is 9.90 Å². The highest BCUT2D eigenvalue weighted by Gasteiger charge is 2.08. The Morgan fingerprint density at radius 3 is 2.29 bits per heavy atom. The van der Waals surface area contributed by atoms with Gasteiger partial charge in [0.2, 0.25) is 0 Å². The van der Waals surface area contributed by atoms with Gasteiger partial charge in [0, 0.05) is 12.7 Å². The molecular formula is C14H13NO2. The van der Waals surface area contributed by atoms with Crippen molar-refractivity contribution in [2.75, 3.05) is 11.9 Å². The maximum absolute atomic E-state index is 10.9. The molecule has 0 aliphatic rings. The van der Waals surface area contributed by atoms with Gasteiger partial charge in [-0.05, 0) is 23.3 Å². The first-order valence-electron chi connectivity index (χ1n) is 5.30. The highest BCUT2D eigenvalue weighted by Crippen LogP contribution is 2.23. The summed E-state index contributed by atoms with van der Waals surface area (Å²) >= 11 is 0. The topological polar surface area (TPSA) is 40.5 Å². The van der Waals surface area contributed by atoms with Gasteiger partial charge in [-0.1, -0.05) is 42.5 Å². The van der Waals surface area contributed by atoms with Crippen molar-refractivity contribution in [3.8, 4) is 11.1 Å². The Balaban J connectivity index is 2.39. The minimum atomic E-state index is -0.963. The molecule has 2 aromatic rings. The Labute approximate surface area is 99.9 Å². The van der Waals surface area contributed by atoms with Crippen molar-refractivity contribution in [2.45, 2.75) is 0 Å². The highest BCUT2D eigenvalue weighted by molar-refractivity contribution is 5.86. The summed E-state index contributed by atoms with van der Waals surface area (Å²) in [4.78, 5) is 12.1. The van der Waals surface area contributed by atoms with Gasteiger partial charge in [-0.25, -0.2) is 4.79 Å². The lowest BCUT2D eigenvalue weighted by molar-refractivity contribution is 0.203. The van der Waals surface area contributed by atoms with Crippen LogP contribution in [0, 0.1) is 0 Å². The van der Waals surface area contributed by atoms with Gasteiger partial charge < -0.3 is 5.11 Å². The van der Waals surface area contributed by atoms with Gasteiger partial charge in [0.15, 0.2) is 0 Å². The van der Waals surface area contributed by atoms with Crippen LogP contribution >= 0.6 is 0 Å². The molecular weight excluding hydrogens is 214 g/mol. The molecule has 2 rings (SSSR count). The van der Waals surface area contributed by atoms with E-state index in [0.717, 1.165) is 11.1 Å². The Bertz CT molecular complexity index is 523. The number of hydrogen-bond donors (Lipinski definition) is 1. The maximum Gasteiger partial charge on any atom is 0.411 e. The van der Waals surface area contributed by atoms with Crippen molar-refractivity contribution in [1.82, 2.24) is 0 Å². The van der Waals surface area contributed by atoms with Crippen LogP contribution < -0.4 is 4.90 Å². The van der Waals surface area contributed by atoms with Gasteiger partial charge in [0.1, 0.15) is 0 Å². The molecule has 17 heavy (non-hydrogen) atoms. The zero-order valence-electron chi connectivity index (χ0n) is 9.50. The number of benzene rings is 2. The van der Waals surface area contributed by atoms with Crippen LogP contribution in [-0.4, -0.2) is 18.2 Å². The predicted octanol–water partition coefficient (Wildman–Crippen LogP) is 3.47. The molecule has 0 saturated heterocycles. The Morgan fingerprint density at radius 1 is 1.00 bits per heavy atom. The summed E-state index contributed by atoms with van der Waals surface area (Å²) in [6.07, 6.45) is -0.963. The molecule has 1 amide bonds. The molecule has 0 atom stereocenters. The highest BCUT2D eigenvalue weighted by atomic mass is 16.4. The van der Waals surface area contributed by atoms with Crippen LogP contribution in [0.15, 0.2) is 54.6 Å². The molecule has 0 saturated carbocycles. The average molecular weight is 227 g/mol. The van der Waals surface area contributed by atoms with Crippen LogP contribution in [0.25, 0.3) is 11.1 Å². The molecule has 3 nitrogen and oxygen atoms in total. The van der Waals surface area contributed by atoms with Gasteiger partial charge in [0.05, 0.1) is 0 Å². The summed E-state index contributed by atoms with van der Waals surface area (Å²) in [5.41, 5.74) is 2.75. The molecule has 1 N–H and O–H groups in total. The van der Waals surface area contributed by atoms with Gasteiger partial charge in [-0.15, -0.1) is 0 Å². The van der Waals surface area contributed by atoms with E-state index < -0.39 is 6.09 Å². The lowest BCUT2D eigenvalue weighted by Gasteiger charge is -2.14. The van der Waals surface area contributed by atoms with E-state index in [9.17, 15) is 4.79 Å². The largest absolute Gasteiger partial charge is 0.465 e. The van der Waals surface area contributed by atoms with E-state index in [0.29, 0.717) is 5.69 Å². The SMILES string of the molecule is CN(C(=O)O)c1cccc(-c2ccccc2)c1. The standard InChI is InChI=1S/C14H13NO2/c1-15(14(16)17)13-9-5-8-12(10-13)11-6-3-2-4-7-11/h2-10H,1H3,(H,16,17). The fraction of sp³-hybridized carbons (Fsp3) is 0.0714. The van der Waals surface area contributed by atoms with Crippen molar-refractivity contribution in [1.29, 1.82) is 0 Å². The van der Waals surface area contributed by atoms with E-state index in [-0.39, 0.29) is 0 Å². The van der Waals surface area contributed by atoms with Gasteiger partial charge >= 0.3 is 6.09 Å². The fourth-order valence-electron chi connectivity index (χ4n) is 1.64. The van der Waals surface area contributed by atoms with E-state index in [1.54, 1.807) is 6.07 Å². The summed E-state index contributed by atoms with van der Waals surface area (Å²) in [5, 5.41) is 8.92. The van der Waals surface area contributed by atoms with E-state index >= 15 is 0 Å². The first-order valence-corrected chi connectivity index (χ1v) is 5.30. The van der Waals surface area contributed by atoms with Gasteiger partial charge in [-0.3, -0.25) is 4.90 Å². The molecule has 2 aromatic carbocycles. The molecule has 0 bridgehead atoms. The van der Waals surface area contributed by atoms with Crippen molar-refractivity contribution in [3.05, 3.63) is 54.6 Å². The predicted molar refractivity (Wildman–Crippen MR) is 68.3 cm³/mol. The molecule has 3 heteroatoms. The van der Waals surface area contributed by atoms with Crippen LogP contribution in [0.4, 0.5) is 10.5 Å². The van der Waals surface area contributed by atoms with Crippen molar-refractivity contribution in [3.63, 3.8) is 0 Å². The third-order valence-corrected chi connectivity index (χ3v) is 2.63. The van der Waals surface area contributed by atoms with Crippen LogP contribution in [0.1, 0.15) is 0 Å². The number of anilines is 1. The van der Waals surface area contributed by atoms with Crippen molar-refractivity contribution in [2.24, 2.45) is 0 Å². The second kappa shape index (κ2) is 4.70. The molecule has 86 valence electrons. The average Bonchev–Trinajstić information content (AvgIpc) is 2.39. The third kappa shape index (κ3) is 2.45. The summed E-state index contributed by atoms with van der Waals surface area (Å²) < 4.78 is 0. The number of amides is 1. The zero-order valence-corrected chi connectivity index (χ0v) is 9.50. The molecule has 0 unspecified atom stereocenters. The Kier molecular flexibility index (Phi) is 3.10. The normalized spacial score (nSPS) is 9.94. The quantitative estimate of drug-likeness (QED) is 0.853. The third-order valence-electron chi connectivity index (χ3n) is 2.63. The summed E-state index contributed by atoms with van der Waals surface area (Å²) in [7, 11) is 1.53. The first-order chi connectivity index (χ1) is 8.18. The van der Waals surface area contributed by atoms with Crippen molar-refractivity contribution >= 4 is 11.8 Å². The molecule has 0 aliphatic carbocycles. The lowest BCUT2D eigenvalue weighted by Crippen LogP contribution is -2.23. The van der Waals surface area contributed by atoms with E-state index in [2.05, 4.69) is 0 Å². The van der Waals surface area contributed by atoms with Crippen LogP contribution in [-0.2, 0) is 0 Å². The summed E-state index contributed by atoms with van der Waals surface area (Å²) in [5.74, 6) is 0. The molecule has 0 fully saturated rings. The Morgan fingerprint density at radius 2 is 1.65 bits per heavy atom. The number of carbonyl (C=O) groups is 1. The number of hydrogen-bond acceptors (Lipinski definition) is 1. The minimum absolute atomic E-state index is 0.666. The smallest absolute Gasteiger partial charge is 0.411 e. The van der Waals surface area contributed by atoms with E-state index in [1.165, 1.54) is 11.9 Å². The second-order valence-electron chi connectivity index (χ2n) is 3.76. The minimum Gasteiger partial charge on any atom is -0.465 e. The monoisotopic (exact) mass is 227 g/mol. The zero-order chi connectivity index (χ0) is 12.3. The van der Waals surface area contributed by atoms with Crippen LogP contribution in [0.2, 0.25) is 0 Å². The van der Waals surface area contributed by atoms with Gasteiger partial charge in [-0.2, -0.15) is 0 Å². The Hall–Kier alpha value is -2.29. The van der Waals surface area contributed by atoms with E-state index in [1.807, 2.05) is 48.5 Å². The first kappa shape index (κ1) is 11.2. The number of carboxylic acid groups (broad SMARTS) is 1. The second-order valence-corrected chi connectivity index (χ2v) is 3.76. The molecule has 0 spiro atoms. The molecule has 0 aromatic heterocycles. The maximum atomic E-state index is 10.9. The molecule has 0 radical (unpaired) electrons. The summed E-state index contributed by atoms with van der Waals surface area (Å²) in [6.45, 7) is 0. The number of rotatable bonds is 2. The van der Waals surface area contributed by atoms with Gasteiger partial charge in [0.25, 0.3) is 0 Å². The van der Waals surface area contributed by atoms with Crippen LogP contribution in [0.3, 0.4) is 0 Å².